The molecule has 118 valence electrons. The highest BCUT2D eigenvalue weighted by Crippen LogP contribution is 2.12. The largest absolute Gasteiger partial charge is 0.368 e. The van der Waals surface area contributed by atoms with Crippen LogP contribution in [0.1, 0.15) is 18.9 Å². The number of piperazine rings is 1. The van der Waals surface area contributed by atoms with E-state index in [2.05, 4.69) is 0 Å². The molecule has 0 spiro atoms. The van der Waals surface area contributed by atoms with Crippen molar-refractivity contribution in [3.63, 3.8) is 0 Å². The lowest BCUT2D eigenvalue weighted by Crippen LogP contribution is -2.60. The highest BCUT2D eigenvalue weighted by molar-refractivity contribution is 5.87. The summed E-state index contributed by atoms with van der Waals surface area (Å²) in [4.78, 5) is 38.4. The molecule has 6 nitrogen and oxygen atoms in total. The molecule has 1 aliphatic heterocycles. The maximum atomic E-state index is 12.3. The molecule has 6 heteroatoms. The number of carbonyl (C=O) groups excluding carboxylic acids is 3. The minimum Gasteiger partial charge on any atom is -0.368 e. The van der Waals surface area contributed by atoms with Crippen molar-refractivity contribution in [2.75, 3.05) is 19.6 Å². The fraction of sp³-hybridized carbons (Fsp3) is 0.438. The van der Waals surface area contributed by atoms with Gasteiger partial charge >= 0.3 is 0 Å². The van der Waals surface area contributed by atoms with Crippen LogP contribution in [0, 0.1) is 0 Å². The van der Waals surface area contributed by atoms with Gasteiger partial charge in [0, 0.05) is 26.4 Å². The Labute approximate surface area is 129 Å². The summed E-state index contributed by atoms with van der Waals surface area (Å²) in [7, 11) is 0. The number of primary amides is 1. The minimum atomic E-state index is -0.730. The molecule has 1 fully saturated rings. The molecule has 2 rings (SSSR count). The predicted molar refractivity (Wildman–Crippen MR) is 81.7 cm³/mol. The zero-order chi connectivity index (χ0) is 16.1. The van der Waals surface area contributed by atoms with E-state index in [1.165, 1.54) is 11.8 Å². The maximum absolute atomic E-state index is 12.3. The van der Waals surface area contributed by atoms with Gasteiger partial charge in [-0.05, 0) is 12.0 Å². The SMILES string of the molecule is CC(=O)N1CCN(C(=O)CCc2ccccc2)CC1C(N)=O. The van der Waals surface area contributed by atoms with Gasteiger partial charge in [-0.15, -0.1) is 0 Å². The number of carbonyl (C=O) groups is 3. The molecule has 0 aliphatic carbocycles. The Morgan fingerprint density at radius 2 is 1.86 bits per heavy atom. The Morgan fingerprint density at radius 3 is 2.45 bits per heavy atom. The van der Waals surface area contributed by atoms with Gasteiger partial charge in [0.15, 0.2) is 0 Å². The number of aryl methyl sites for hydroxylation is 1. The number of nitrogens with zero attached hydrogens (tertiary/aromatic N) is 2. The molecule has 0 radical (unpaired) electrons. The molecule has 1 aromatic rings. The number of benzene rings is 1. The van der Waals surface area contributed by atoms with Crippen molar-refractivity contribution < 1.29 is 14.4 Å². The first-order valence-electron chi connectivity index (χ1n) is 7.37. The first kappa shape index (κ1) is 16.0. The lowest BCUT2D eigenvalue weighted by Gasteiger charge is -2.39. The zero-order valence-electron chi connectivity index (χ0n) is 12.7. The van der Waals surface area contributed by atoms with E-state index in [9.17, 15) is 14.4 Å². The molecular formula is C16H21N3O3. The van der Waals surface area contributed by atoms with Crippen LogP contribution in [-0.2, 0) is 20.8 Å². The molecule has 0 bridgehead atoms. The fourth-order valence-corrected chi connectivity index (χ4v) is 2.68. The second kappa shape index (κ2) is 7.06. The highest BCUT2D eigenvalue weighted by Gasteiger charge is 2.34. The van der Waals surface area contributed by atoms with E-state index in [-0.39, 0.29) is 18.4 Å². The third-order valence-corrected chi connectivity index (χ3v) is 3.94. The van der Waals surface area contributed by atoms with E-state index in [0.717, 1.165) is 5.56 Å². The first-order chi connectivity index (χ1) is 10.5. The molecule has 2 N–H and O–H groups in total. The van der Waals surface area contributed by atoms with Crippen molar-refractivity contribution in [3.05, 3.63) is 35.9 Å². The molecular weight excluding hydrogens is 282 g/mol. The molecule has 1 heterocycles. The molecule has 22 heavy (non-hydrogen) atoms. The number of hydrogen-bond donors (Lipinski definition) is 1. The quantitative estimate of drug-likeness (QED) is 0.860. The summed E-state index contributed by atoms with van der Waals surface area (Å²) >= 11 is 0. The summed E-state index contributed by atoms with van der Waals surface area (Å²) in [6.45, 7) is 2.38. The molecule has 0 aromatic heterocycles. The van der Waals surface area contributed by atoms with Crippen LogP contribution >= 0.6 is 0 Å². The number of rotatable bonds is 4. The molecule has 0 saturated carbocycles. The van der Waals surface area contributed by atoms with Crippen LogP contribution in [0.15, 0.2) is 30.3 Å². The van der Waals surface area contributed by atoms with Gasteiger partial charge in [0.25, 0.3) is 0 Å². The van der Waals surface area contributed by atoms with E-state index in [4.69, 9.17) is 5.73 Å². The molecule has 1 aliphatic rings. The Hall–Kier alpha value is -2.37. The van der Waals surface area contributed by atoms with Crippen molar-refractivity contribution >= 4 is 17.7 Å². The summed E-state index contributed by atoms with van der Waals surface area (Å²) in [5, 5.41) is 0. The summed E-state index contributed by atoms with van der Waals surface area (Å²) < 4.78 is 0. The Kier molecular flexibility index (Phi) is 5.14. The van der Waals surface area contributed by atoms with Gasteiger partial charge in [0.05, 0.1) is 6.54 Å². The average molecular weight is 303 g/mol. The van der Waals surface area contributed by atoms with Crippen molar-refractivity contribution in [2.45, 2.75) is 25.8 Å². The topological polar surface area (TPSA) is 83.7 Å². The molecule has 3 amide bonds. The number of hydrogen-bond acceptors (Lipinski definition) is 3. The normalized spacial score (nSPS) is 18.1. The van der Waals surface area contributed by atoms with E-state index < -0.39 is 11.9 Å². The lowest BCUT2D eigenvalue weighted by molar-refractivity contribution is -0.146. The van der Waals surface area contributed by atoms with Gasteiger partial charge < -0.3 is 15.5 Å². The number of nitrogens with two attached hydrogens (primary N) is 1. The van der Waals surface area contributed by atoms with Crippen LogP contribution in [0.3, 0.4) is 0 Å². The van der Waals surface area contributed by atoms with Gasteiger partial charge in [-0.2, -0.15) is 0 Å². The van der Waals surface area contributed by atoms with Gasteiger partial charge in [-0.25, -0.2) is 0 Å². The Bertz CT molecular complexity index is 559. The summed E-state index contributed by atoms with van der Waals surface area (Å²) in [5.74, 6) is -0.783. The molecule has 1 aromatic carbocycles. The minimum absolute atomic E-state index is 0.0155. The molecule has 1 atom stereocenters. The van der Waals surface area contributed by atoms with Crippen molar-refractivity contribution in [1.82, 2.24) is 9.80 Å². The fourth-order valence-electron chi connectivity index (χ4n) is 2.68. The standard InChI is InChI=1S/C16H21N3O3/c1-12(20)19-10-9-18(11-14(19)16(17)22)15(21)8-7-13-5-3-2-4-6-13/h2-6,14H,7-11H2,1H3,(H2,17,22). The second-order valence-electron chi connectivity index (χ2n) is 5.46. The smallest absolute Gasteiger partial charge is 0.242 e. The number of amides is 3. The lowest BCUT2D eigenvalue weighted by atomic mass is 10.1. The maximum Gasteiger partial charge on any atom is 0.242 e. The summed E-state index contributed by atoms with van der Waals surface area (Å²) in [5.41, 5.74) is 6.45. The van der Waals surface area contributed by atoms with E-state index in [1.807, 2.05) is 30.3 Å². The van der Waals surface area contributed by atoms with Crippen molar-refractivity contribution in [2.24, 2.45) is 5.73 Å². The third kappa shape index (κ3) is 3.84. The molecule has 1 unspecified atom stereocenters. The highest BCUT2D eigenvalue weighted by atomic mass is 16.2. The van der Waals surface area contributed by atoms with Gasteiger partial charge in [0.2, 0.25) is 17.7 Å². The van der Waals surface area contributed by atoms with Crippen LogP contribution in [-0.4, -0.2) is 53.2 Å². The Morgan fingerprint density at radius 1 is 1.18 bits per heavy atom. The van der Waals surface area contributed by atoms with Crippen molar-refractivity contribution in [3.8, 4) is 0 Å². The van der Waals surface area contributed by atoms with Gasteiger partial charge in [-0.1, -0.05) is 30.3 Å². The van der Waals surface area contributed by atoms with E-state index in [1.54, 1.807) is 4.90 Å². The summed E-state index contributed by atoms with van der Waals surface area (Å²) in [6, 6.07) is 9.04. The van der Waals surface area contributed by atoms with Gasteiger partial charge in [0.1, 0.15) is 6.04 Å². The van der Waals surface area contributed by atoms with E-state index >= 15 is 0 Å². The van der Waals surface area contributed by atoms with Crippen LogP contribution in [0.2, 0.25) is 0 Å². The zero-order valence-corrected chi connectivity index (χ0v) is 12.7. The van der Waals surface area contributed by atoms with Gasteiger partial charge in [-0.3, -0.25) is 14.4 Å². The summed E-state index contributed by atoms with van der Waals surface area (Å²) in [6.07, 6.45) is 1.05. The van der Waals surface area contributed by atoms with Crippen LogP contribution < -0.4 is 5.73 Å². The van der Waals surface area contributed by atoms with E-state index in [0.29, 0.717) is 25.9 Å². The Balaban J connectivity index is 1.94. The molecule has 1 saturated heterocycles. The third-order valence-electron chi connectivity index (χ3n) is 3.94. The average Bonchev–Trinajstić information content (AvgIpc) is 2.52. The first-order valence-corrected chi connectivity index (χ1v) is 7.37. The van der Waals surface area contributed by atoms with Crippen LogP contribution in [0.25, 0.3) is 0 Å². The predicted octanol–water partition coefficient (Wildman–Crippen LogP) is 0.164. The monoisotopic (exact) mass is 303 g/mol. The second-order valence-corrected chi connectivity index (χ2v) is 5.46. The van der Waals surface area contributed by atoms with Crippen molar-refractivity contribution in [1.29, 1.82) is 0 Å². The van der Waals surface area contributed by atoms with Crippen LogP contribution in [0.4, 0.5) is 0 Å². The van der Waals surface area contributed by atoms with Crippen LogP contribution in [0.5, 0.6) is 0 Å².